The van der Waals surface area contributed by atoms with E-state index in [-0.39, 0.29) is 32.5 Å². The van der Waals surface area contributed by atoms with Crippen molar-refractivity contribution < 1.29 is 18.0 Å². The van der Waals surface area contributed by atoms with Crippen LogP contribution >= 0.6 is 0 Å². The van der Waals surface area contributed by atoms with Gasteiger partial charge in [-0.15, -0.1) is 0 Å². The van der Waals surface area contributed by atoms with Crippen LogP contribution < -0.4 is 10.6 Å². The van der Waals surface area contributed by atoms with Crippen LogP contribution in [0.2, 0.25) is 0 Å². The normalized spacial score (nSPS) is 15.0. The zero-order valence-electron chi connectivity index (χ0n) is 11.6. The van der Waals surface area contributed by atoms with Gasteiger partial charge in [0.2, 0.25) is 9.84 Å². The van der Waals surface area contributed by atoms with Crippen LogP contribution in [0.4, 0.5) is 5.69 Å². The predicted octanol–water partition coefficient (Wildman–Crippen LogP) is 1.44. The molecule has 1 heterocycles. The molecule has 0 unspecified atom stereocenters. The van der Waals surface area contributed by atoms with Crippen molar-refractivity contribution in [2.45, 2.75) is 9.79 Å². The summed E-state index contributed by atoms with van der Waals surface area (Å²) in [5.41, 5.74) is 0.449. The van der Waals surface area contributed by atoms with Gasteiger partial charge >= 0.3 is 0 Å². The number of anilines is 1. The van der Waals surface area contributed by atoms with Gasteiger partial charge in [0.1, 0.15) is 0 Å². The van der Waals surface area contributed by atoms with Crippen LogP contribution in [0.5, 0.6) is 0 Å². The number of amides is 2. The predicted molar refractivity (Wildman–Crippen MR) is 79.7 cm³/mol. The van der Waals surface area contributed by atoms with Crippen LogP contribution in [-0.2, 0) is 9.84 Å². The molecule has 112 valence electrons. The van der Waals surface area contributed by atoms with E-state index in [4.69, 9.17) is 0 Å². The number of fused-ring (bicyclic) bond motifs is 2. The van der Waals surface area contributed by atoms with Crippen LogP contribution in [-0.4, -0.2) is 27.3 Å². The Bertz CT molecular complexity index is 904. The molecule has 1 aliphatic heterocycles. The Morgan fingerprint density at radius 1 is 1.09 bits per heavy atom. The van der Waals surface area contributed by atoms with Gasteiger partial charge in [-0.25, -0.2) is 8.42 Å². The molecule has 0 saturated heterocycles. The molecule has 0 bridgehead atoms. The molecule has 2 aromatic rings. The Hall–Kier alpha value is -2.67. The Morgan fingerprint density at radius 3 is 2.55 bits per heavy atom. The second-order valence-corrected chi connectivity index (χ2v) is 6.63. The highest BCUT2D eigenvalue weighted by atomic mass is 32.2. The lowest BCUT2D eigenvalue weighted by Crippen LogP contribution is -2.18. The van der Waals surface area contributed by atoms with Crippen molar-refractivity contribution in [3.8, 4) is 0 Å². The first-order chi connectivity index (χ1) is 10.4. The summed E-state index contributed by atoms with van der Waals surface area (Å²) in [5.74, 6) is -0.886. The third kappa shape index (κ3) is 2.06. The number of carbonyl (C=O) groups is 2. The van der Waals surface area contributed by atoms with Crippen LogP contribution in [0.1, 0.15) is 20.7 Å². The Labute approximate surface area is 127 Å². The number of benzene rings is 2. The van der Waals surface area contributed by atoms with E-state index in [1.54, 1.807) is 12.1 Å². The van der Waals surface area contributed by atoms with E-state index in [1.165, 1.54) is 37.4 Å². The monoisotopic (exact) mass is 316 g/mol. The summed E-state index contributed by atoms with van der Waals surface area (Å²) in [6.45, 7) is 0. The van der Waals surface area contributed by atoms with E-state index in [2.05, 4.69) is 10.6 Å². The molecule has 7 heteroatoms. The second kappa shape index (κ2) is 4.96. The average Bonchev–Trinajstić information content (AvgIpc) is 2.61. The molecule has 0 fully saturated rings. The van der Waals surface area contributed by atoms with Gasteiger partial charge in [0.25, 0.3) is 11.8 Å². The molecule has 2 amide bonds. The van der Waals surface area contributed by atoms with Crippen molar-refractivity contribution in [2.24, 2.45) is 0 Å². The molecule has 22 heavy (non-hydrogen) atoms. The Balaban J connectivity index is 2.28. The highest BCUT2D eigenvalue weighted by Crippen LogP contribution is 2.33. The summed E-state index contributed by atoms with van der Waals surface area (Å²) in [4.78, 5) is 23.8. The fraction of sp³-hybridized carbons (Fsp3) is 0.0667. The van der Waals surface area contributed by atoms with Gasteiger partial charge in [-0.05, 0) is 30.3 Å². The molecule has 2 aromatic carbocycles. The van der Waals surface area contributed by atoms with E-state index in [0.29, 0.717) is 0 Å². The Kier molecular flexibility index (Phi) is 3.22. The molecule has 0 aliphatic carbocycles. The molecule has 2 N–H and O–H groups in total. The maximum atomic E-state index is 12.7. The molecule has 0 radical (unpaired) electrons. The van der Waals surface area contributed by atoms with Gasteiger partial charge in [-0.3, -0.25) is 9.59 Å². The van der Waals surface area contributed by atoms with Gasteiger partial charge in [0, 0.05) is 12.6 Å². The molecule has 1 aliphatic rings. The van der Waals surface area contributed by atoms with Crippen molar-refractivity contribution in [1.29, 1.82) is 0 Å². The third-order valence-corrected chi connectivity index (χ3v) is 5.30. The van der Waals surface area contributed by atoms with E-state index in [0.717, 1.165) is 0 Å². The first-order valence-corrected chi connectivity index (χ1v) is 7.95. The lowest BCUT2D eigenvalue weighted by atomic mass is 10.1. The highest BCUT2D eigenvalue weighted by Gasteiger charge is 2.31. The highest BCUT2D eigenvalue weighted by molar-refractivity contribution is 7.91. The summed E-state index contributed by atoms with van der Waals surface area (Å²) in [7, 11) is -2.36. The van der Waals surface area contributed by atoms with Gasteiger partial charge < -0.3 is 10.6 Å². The summed E-state index contributed by atoms with van der Waals surface area (Å²) < 4.78 is 25.4. The van der Waals surface area contributed by atoms with E-state index in [1.807, 2.05) is 0 Å². The molecular weight excluding hydrogens is 304 g/mol. The fourth-order valence-corrected chi connectivity index (χ4v) is 3.94. The lowest BCUT2D eigenvalue weighted by molar-refractivity contribution is 0.0961. The largest absolute Gasteiger partial charge is 0.355 e. The molecule has 6 nitrogen and oxygen atoms in total. The quantitative estimate of drug-likeness (QED) is 0.833. The summed E-state index contributed by atoms with van der Waals surface area (Å²) >= 11 is 0. The van der Waals surface area contributed by atoms with E-state index >= 15 is 0 Å². The zero-order valence-corrected chi connectivity index (χ0v) is 12.4. The van der Waals surface area contributed by atoms with E-state index < -0.39 is 15.7 Å². The summed E-state index contributed by atoms with van der Waals surface area (Å²) in [6.07, 6.45) is 0. The van der Waals surface area contributed by atoms with Crippen LogP contribution in [0.3, 0.4) is 0 Å². The minimum absolute atomic E-state index is 0.0292. The Morgan fingerprint density at radius 2 is 1.82 bits per heavy atom. The fourth-order valence-electron chi connectivity index (χ4n) is 2.34. The minimum Gasteiger partial charge on any atom is -0.355 e. The number of hydrogen-bond donors (Lipinski definition) is 2. The molecule has 0 saturated carbocycles. The smallest absolute Gasteiger partial charge is 0.257 e. The molecule has 3 rings (SSSR count). The van der Waals surface area contributed by atoms with Crippen molar-refractivity contribution in [2.75, 3.05) is 12.4 Å². The maximum Gasteiger partial charge on any atom is 0.257 e. The van der Waals surface area contributed by atoms with Crippen molar-refractivity contribution in [1.82, 2.24) is 5.32 Å². The van der Waals surface area contributed by atoms with Crippen molar-refractivity contribution in [3.63, 3.8) is 0 Å². The molecule has 0 spiro atoms. The van der Waals surface area contributed by atoms with Crippen LogP contribution in [0.25, 0.3) is 0 Å². The summed E-state index contributed by atoms with van der Waals surface area (Å²) in [6, 6.07) is 10.1. The number of hydrogen-bond acceptors (Lipinski definition) is 4. The number of nitrogens with one attached hydrogen (secondary N) is 2. The van der Waals surface area contributed by atoms with Gasteiger partial charge in [-0.1, -0.05) is 12.1 Å². The van der Waals surface area contributed by atoms with Gasteiger partial charge in [0.15, 0.2) is 0 Å². The van der Waals surface area contributed by atoms with E-state index in [9.17, 15) is 18.0 Å². The molecule has 0 atom stereocenters. The van der Waals surface area contributed by atoms with Crippen LogP contribution in [0.15, 0.2) is 52.3 Å². The summed E-state index contributed by atoms with van der Waals surface area (Å²) in [5, 5.41) is 5.01. The number of sulfone groups is 1. The first kappa shape index (κ1) is 14.3. The standard InChI is InChI=1S/C15H12N2O4S/c1-16-14(18)9-6-7-13-11(8-9)17-15(19)10-4-2-3-5-12(10)22(13,20)21/h2-8H,1H3,(H,16,18)(H,17,19). The third-order valence-electron chi connectivity index (χ3n) is 3.43. The van der Waals surface area contributed by atoms with Gasteiger partial charge in [0.05, 0.1) is 21.0 Å². The van der Waals surface area contributed by atoms with Crippen LogP contribution in [0, 0.1) is 0 Å². The molecular formula is C15H12N2O4S. The SMILES string of the molecule is CNC(=O)c1ccc2c(c1)NC(=O)c1ccccc1S2(=O)=O. The zero-order chi connectivity index (χ0) is 15.9. The number of rotatable bonds is 1. The first-order valence-electron chi connectivity index (χ1n) is 6.47. The lowest BCUT2D eigenvalue weighted by Gasteiger charge is -2.09. The number of carbonyl (C=O) groups excluding carboxylic acids is 2. The van der Waals surface area contributed by atoms with Gasteiger partial charge in [-0.2, -0.15) is 0 Å². The average molecular weight is 316 g/mol. The van der Waals surface area contributed by atoms with Crippen molar-refractivity contribution >= 4 is 27.3 Å². The topological polar surface area (TPSA) is 92.3 Å². The maximum absolute atomic E-state index is 12.7. The van der Waals surface area contributed by atoms with Crippen molar-refractivity contribution in [3.05, 3.63) is 53.6 Å². The second-order valence-electron chi connectivity index (χ2n) is 4.74. The minimum atomic E-state index is -3.83. The molecule has 0 aromatic heterocycles.